The Bertz CT molecular complexity index is 816. The second kappa shape index (κ2) is 5.32. The molecule has 0 aliphatic heterocycles. The number of halogens is 1. The van der Waals surface area contributed by atoms with Crippen LogP contribution in [0.25, 0.3) is 10.8 Å². The van der Waals surface area contributed by atoms with Crippen molar-refractivity contribution in [1.29, 1.82) is 5.26 Å². The summed E-state index contributed by atoms with van der Waals surface area (Å²) in [5, 5.41) is 14.5. The summed E-state index contributed by atoms with van der Waals surface area (Å²) in [6.07, 6.45) is 3.62. The number of rotatable bonds is 2. The van der Waals surface area contributed by atoms with Gasteiger partial charge in [0.25, 0.3) is 0 Å². The summed E-state index contributed by atoms with van der Waals surface area (Å²) in [5.74, 6) is 0. The molecule has 0 spiro atoms. The molecule has 0 fully saturated rings. The molecular weight excluding hydrogens is 314 g/mol. The van der Waals surface area contributed by atoms with Crippen LogP contribution in [0.4, 0.5) is 11.4 Å². The van der Waals surface area contributed by atoms with E-state index < -0.39 is 0 Å². The summed E-state index contributed by atoms with van der Waals surface area (Å²) in [4.78, 5) is 4.17. The van der Waals surface area contributed by atoms with E-state index in [9.17, 15) is 0 Å². The van der Waals surface area contributed by atoms with Crippen LogP contribution in [-0.2, 0) is 0 Å². The highest BCUT2D eigenvalue weighted by Crippen LogP contribution is 2.30. The number of nitrogens with one attached hydrogen (secondary N) is 1. The lowest BCUT2D eigenvalue weighted by Crippen LogP contribution is -1.93. The van der Waals surface area contributed by atoms with Crippen LogP contribution in [0.2, 0.25) is 0 Å². The minimum Gasteiger partial charge on any atom is -0.354 e. The molecule has 96 valence electrons. The Hall–Kier alpha value is -2.38. The van der Waals surface area contributed by atoms with E-state index in [1.54, 1.807) is 18.3 Å². The smallest absolute Gasteiger partial charge is 0.0992 e. The number of nitrogens with zero attached hydrogens (tertiary/aromatic N) is 2. The van der Waals surface area contributed by atoms with Crippen LogP contribution in [0.5, 0.6) is 0 Å². The van der Waals surface area contributed by atoms with E-state index in [0.29, 0.717) is 5.56 Å². The Balaban J connectivity index is 2.04. The molecule has 0 aliphatic rings. The monoisotopic (exact) mass is 323 g/mol. The zero-order valence-corrected chi connectivity index (χ0v) is 12.1. The van der Waals surface area contributed by atoms with Gasteiger partial charge in [0.1, 0.15) is 0 Å². The molecule has 0 saturated heterocycles. The predicted octanol–water partition coefficient (Wildman–Crippen LogP) is 4.61. The molecule has 1 aromatic heterocycles. The molecule has 1 N–H and O–H groups in total. The number of pyridine rings is 1. The van der Waals surface area contributed by atoms with Crippen LogP contribution < -0.4 is 5.32 Å². The average Bonchev–Trinajstić information content (AvgIpc) is 2.49. The quantitative estimate of drug-likeness (QED) is 0.749. The largest absolute Gasteiger partial charge is 0.354 e. The van der Waals surface area contributed by atoms with Gasteiger partial charge in [-0.2, -0.15) is 5.26 Å². The molecule has 3 rings (SSSR count). The maximum atomic E-state index is 8.88. The van der Waals surface area contributed by atoms with Crippen molar-refractivity contribution in [1.82, 2.24) is 4.98 Å². The fourth-order valence-electron chi connectivity index (χ4n) is 2.05. The van der Waals surface area contributed by atoms with Gasteiger partial charge in [0, 0.05) is 27.9 Å². The van der Waals surface area contributed by atoms with Gasteiger partial charge in [0.2, 0.25) is 0 Å². The summed E-state index contributed by atoms with van der Waals surface area (Å²) in [6.45, 7) is 0. The number of fused-ring (bicyclic) bond motifs is 1. The van der Waals surface area contributed by atoms with Crippen molar-refractivity contribution in [3.8, 4) is 6.07 Å². The van der Waals surface area contributed by atoms with Crippen LogP contribution in [0, 0.1) is 11.3 Å². The molecule has 0 aliphatic carbocycles. The fraction of sp³-hybridized carbons (Fsp3) is 0. The zero-order chi connectivity index (χ0) is 13.9. The first-order valence-electron chi connectivity index (χ1n) is 6.07. The number of benzene rings is 2. The molecule has 4 heteroatoms. The van der Waals surface area contributed by atoms with Gasteiger partial charge in [-0.15, -0.1) is 0 Å². The molecule has 20 heavy (non-hydrogen) atoms. The Labute approximate surface area is 125 Å². The fourth-order valence-corrected chi connectivity index (χ4v) is 2.53. The topological polar surface area (TPSA) is 48.7 Å². The Morgan fingerprint density at radius 2 is 2.00 bits per heavy atom. The van der Waals surface area contributed by atoms with Gasteiger partial charge in [0.05, 0.1) is 17.3 Å². The van der Waals surface area contributed by atoms with Crippen molar-refractivity contribution < 1.29 is 0 Å². The molecule has 3 nitrogen and oxygen atoms in total. The SMILES string of the molecule is N#Cc1ccc(Nc2cccc3ccncc23)c(Br)c1. The number of hydrogen-bond acceptors (Lipinski definition) is 3. The Morgan fingerprint density at radius 1 is 1.10 bits per heavy atom. The third-order valence-corrected chi connectivity index (χ3v) is 3.71. The minimum atomic E-state index is 0.627. The lowest BCUT2D eigenvalue weighted by Gasteiger charge is -2.11. The molecule has 0 amide bonds. The highest BCUT2D eigenvalue weighted by atomic mass is 79.9. The standard InChI is InChI=1S/C16H10BrN3/c17-14-8-11(9-18)4-5-16(14)20-15-3-1-2-12-6-7-19-10-13(12)15/h1-8,10,20H. The maximum absolute atomic E-state index is 8.88. The van der Waals surface area contributed by atoms with Gasteiger partial charge in [-0.25, -0.2) is 0 Å². The zero-order valence-electron chi connectivity index (χ0n) is 10.5. The molecule has 0 radical (unpaired) electrons. The molecular formula is C16H10BrN3. The van der Waals surface area contributed by atoms with Gasteiger partial charge in [-0.05, 0) is 51.6 Å². The second-order valence-electron chi connectivity index (χ2n) is 4.33. The molecule has 1 heterocycles. The molecule has 0 unspecified atom stereocenters. The first-order valence-corrected chi connectivity index (χ1v) is 6.86. The van der Waals surface area contributed by atoms with E-state index in [1.807, 2.05) is 30.5 Å². The van der Waals surface area contributed by atoms with Crippen LogP contribution in [0.3, 0.4) is 0 Å². The Kier molecular flexibility index (Phi) is 3.36. The molecule has 2 aromatic carbocycles. The molecule has 0 bridgehead atoms. The third kappa shape index (κ3) is 2.36. The van der Waals surface area contributed by atoms with Gasteiger partial charge in [0.15, 0.2) is 0 Å². The number of aromatic nitrogens is 1. The molecule has 3 aromatic rings. The highest BCUT2D eigenvalue weighted by molar-refractivity contribution is 9.10. The van der Waals surface area contributed by atoms with Crippen LogP contribution in [0.15, 0.2) is 59.3 Å². The van der Waals surface area contributed by atoms with Crippen molar-refractivity contribution in [2.75, 3.05) is 5.32 Å². The maximum Gasteiger partial charge on any atom is 0.0992 e. The number of hydrogen-bond donors (Lipinski definition) is 1. The normalized spacial score (nSPS) is 10.2. The summed E-state index contributed by atoms with van der Waals surface area (Å²) in [5.41, 5.74) is 2.53. The molecule has 0 atom stereocenters. The summed E-state index contributed by atoms with van der Waals surface area (Å²) >= 11 is 3.48. The van der Waals surface area contributed by atoms with Gasteiger partial charge >= 0.3 is 0 Å². The van der Waals surface area contributed by atoms with E-state index in [2.05, 4.69) is 38.4 Å². The predicted molar refractivity (Wildman–Crippen MR) is 83.9 cm³/mol. The number of nitriles is 1. The lowest BCUT2D eigenvalue weighted by molar-refractivity contribution is 1.36. The van der Waals surface area contributed by atoms with Crippen LogP contribution >= 0.6 is 15.9 Å². The van der Waals surface area contributed by atoms with Crippen molar-refractivity contribution >= 4 is 38.1 Å². The van der Waals surface area contributed by atoms with Gasteiger partial charge < -0.3 is 5.32 Å². The van der Waals surface area contributed by atoms with Crippen LogP contribution in [0.1, 0.15) is 5.56 Å². The minimum absolute atomic E-state index is 0.627. The van der Waals surface area contributed by atoms with Crippen molar-refractivity contribution in [2.24, 2.45) is 0 Å². The van der Waals surface area contributed by atoms with Gasteiger partial charge in [-0.1, -0.05) is 12.1 Å². The van der Waals surface area contributed by atoms with E-state index in [1.165, 1.54) is 0 Å². The van der Waals surface area contributed by atoms with E-state index >= 15 is 0 Å². The number of anilines is 2. The third-order valence-electron chi connectivity index (χ3n) is 3.05. The van der Waals surface area contributed by atoms with E-state index in [4.69, 9.17) is 5.26 Å². The first-order chi connectivity index (χ1) is 9.78. The van der Waals surface area contributed by atoms with Crippen molar-refractivity contribution in [3.05, 3.63) is 64.9 Å². The van der Waals surface area contributed by atoms with Crippen LogP contribution in [-0.4, -0.2) is 4.98 Å². The van der Waals surface area contributed by atoms with Gasteiger partial charge in [-0.3, -0.25) is 4.98 Å². The Morgan fingerprint density at radius 3 is 2.80 bits per heavy atom. The summed E-state index contributed by atoms with van der Waals surface area (Å²) in [7, 11) is 0. The summed E-state index contributed by atoms with van der Waals surface area (Å²) < 4.78 is 0.859. The highest BCUT2D eigenvalue weighted by Gasteiger charge is 2.05. The lowest BCUT2D eigenvalue weighted by atomic mass is 10.1. The van der Waals surface area contributed by atoms with Crippen molar-refractivity contribution in [3.63, 3.8) is 0 Å². The second-order valence-corrected chi connectivity index (χ2v) is 5.19. The van der Waals surface area contributed by atoms with E-state index in [0.717, 1.165) is 26.6 Å². The van der Waals surface area contributed by atoms with E-state index in [-0.39, 0.29) is 0 Å². The summed E-state index contributed by atoms with van der Waals surface area (Å²) in [6, 6.07) is 15.6. The average molecular weight is 324 g/mol. The molecule has 0 saturated carbocycles. The first kappa shape index (κ1) is 12.6. The van der Waals surface area contributed by atoms with Crippen molar-refractivity contribution in [2.45, 2.75) is 0 Å².